The fourth-order valence-corrected chi connectivity index (χ4v) is 5.60. The van der Waals surface area contributed by atoms with Crippen LogP contribution in [0.2, 0.25) is 0 Å². The standard InChI is InChI=1S/C31H32N8O/c32-28-25(6-2-15-34-28)29-36-26-11-12-27(35-22-4-1-5-24(20-22)38-16-18-40-19-17-38)37-30(26)39(29)23-9-7-21(8-10-23)31(33)13-3-14-31/h1-2,4-12,15,20H,3,13-14,16-19,33H2,(H2,32,34)(H,35,37). The number of rotatable bonds is 6. The molecule has 2 fully saturated rings. The number of morpholine rings is 1. The SMILES string of the molecule is Nc1ncccc1-c1nc2ccc(Nc3cccc(N4CCOCC4)c3)nc2n1-c1ccc(C2(N)CCC2)cc1. The summed E-state index contributed by atoms with van der Waals surface area (Å²) in [4.78, 5) is 16.6. The second-order valence-electron chi connectivity index (χ2n) is 10.6. The van der Waals surface area contributed by atoms with E-state index in [0.29, 0.717) is 11.6 Å². The molecule has 1 saturated carbocycles. The van der Waals surface area contributed by atoms with E-state index in [-0.39, 0.29) is 5.54 Å². The summed E-state index contributed by atoms with van der Waals surface area (Å²) >= 11 is 0. The van der Waals surface area contributed by atoms with E-state index in [4.69, 9.17) is 26.2 Å². The first kappa shape index (κ1) is 24.6. The van der Waals surface area contributed by atoms with Crippen molar-refractivity contribution >= 4 is 34.2 Å². The first-order chi connectivity index (χ1) is 19.6. The molecular weight excluding hydrogens is 500 g/mol. The van der Waals surface area contributed by atoms with Crippen LogP contribution in [0.3, 0.4) is 0 Å². The molecule has 2 aromatic carbocycles. The molecule has 1 saturated heterocycles. The van der Waals surface area contributed by atoms with Crippen molar-refractivity contribution in [3.63, 3.8) is 0 Å². The van der Waals surface area contributed by atoms with Gasteiger partial charge in [0.15, 0.2) is 11.5 Å². The van der Waals surface area contributed by atoms with E-state index in [2.05, 4.69) is 63.7 Å². The predicted octanol–water partition coefficient (Wildman–Crippen LogP) is 4.98. The molecule has 0 radical (unpaired) electrons. The zero-order valence-corrected chi connectivity index (χ0v) is 22.3. The van der Waals surface area contributed by atoms with Crippen LogP contribution in [-0.2, 0) is 10.3 Å². The highest BCUT2D eigenvalue weighted by Gasteiger charge is 2.34. The molecule has 5 aromatic rings. The lowest BCUT2D eigenvalue weighted by Crippen LogP contribution is -2.43. The maximum absolute atomic E-state index is 6.60. The summed E-state index contributed by atoms with van der Waals surface area (Å²) in [7, 11) is 0. The van der Waals surface area contributed by atoms with Crippen LogP contribution < -0.4 is 21.7 Å². The van der Waals surface area contributed by atoms with Gasteiger partial charge < -0.3 is 26.4 Å². The number of imidazole rings is 1. The van der Waals surface area contributed by atoms with E-state index in [9.17, 15) is 0 Å². The van der Waals surface area contributed by atoms with Crippen molar-refractivity contribution in [2.24, 2.45) is 5.73 Å². The average molecular weight is 533 g/mol. The van der Waals surface area contributed by atoms with Crippen molar-refractivity contribution in [1.29, 1.82) is 0 Å². The maximum Gasteiger partial charge on any atom is 0.167 e. The lowest BCUT2D eigenvalue weighted by atomic mass is 9.73. The summed E-state index contributed by atoms with van der Waals surface area (Å²) in [6.07, 6.45) is 4.89. The van der Waals surface area contributed by atoms with E-state index in [1.807, 2.05) is 28.8 Å². The average Bonchev–Trinajstić information content (AvgIpc) is 3.35. The third-order valence-electron chi connectivity index (χ3n) is 8.02. The number of hydrogen-bond acceptors (Lipinski definition) is 8. The molecule has 4 heterocycles. The van der Waals surface area contributed by atoms with Crippen molar-refractivity contribution in [2.45, 2.75) is 24.8 Å². The van der Waals surface area contributed by atoms with Crippen molar-refractivity contribution in [3.05, 3.63) is 84.6 Å². The highest BCUT2D eigenvalue weighted by molar-refractivity contribution is 5.84. The maximum atomic E-state index is 6.60. The number of pyridine rings is 2. The quantitative estimate of drug-likeness (QED) is 0.280. The topological polar surface area (TPSA) is 120 Å². The summed E-state index contributed by atoms with van der Waals surface area (Å²) < 4.78 is 7.56. The molecule has 0 bridgehead atoms. The van der Waals surface area contributed by atoms with Crippen molar-refractivity contribution in [3.8, 4) is 17.1 Å². The third kappa shape index (κ3) is 4.43. The van der Waals surface area contributed by atoms with Gasteiger partial charge in [0.25, 0.3) is 0 Å². The second kappa shape index (κ2) is 9.93. The molecule has 7 rings (SSSR count). The number of fused-ring (bicyclic) bond motifs is 1. The zero-order chi connectivity index (χ0) is 27.1. The molecule has 202 valence electrons. The van der Waals surface area contributed by atoms with Gasteiger partial charge in [-0.05, 0) is 79.4 Å². The number of nitrogens with two attached hydrogens (primary N) is 2. The number of nitrogens with zero attached hydrogens (tertiary/aromatic N) is 5. The molecule has 5 N–H and O–H groups in total. The molecule has 9 nitrogen and oxygen atoms in total. The smallest absolute Gasteiger partial charge is 0.167 e. The Bertz CT molecular complexity index is 1670. The Morgan fingerprint density at radius 1 is 0.875 bits per heavy atom. The van der Waals surface area contributed by atoms with Crippen LogP contribution in [-0.4, -0.2) is 45.8 Å². The van der Waals surface area contributed by atoms with E-state index in [0.717, 1.165) is 84.3 Å². The summed E-state index contributed by atoms with van der Waals surface area (Å²) in [6.45, 7) is 3.27. The van der Waals surface area contributed by atoms with Crippen LogP contribution in [0.1, 0.15) is 24.8 Å². The zero-order valence-electron chi connectivity index (χ0n) is 22.3. The highest BCUT2D eigenvalue weighted by Crippen LogP contribution is 2.39. The van der Waals surface area contributed by atoms with Gasteiger partial charge in [-0.2, -0.15) is 0 Å². The first-order valence-corrected chi connectivity index (χ1v) is 13.8. The number of nitrogen functional groups attached to an aromatic ring is 1. The van der Waals surface area contributed by atoms with Crippen molar-refractivity contribution in [2.75, 3.05) is 42.3 Å². The van der Waals surface area contributed by atoms with Crippen molar-refractivity contribution in [1.82, 2.24) is 19.5 Å². The fraction of sp³-hybridized carbons (Fsp3) is 0.258. The van der Waals surface area contributed by atoms with Gasteiger partial charge in [0.05, 0.1) is 18.8 Å². The van der Waals surface area contributed by atoms with E-state index in [1.165, 1.54) is 6.42 Å². The number of nitrogens with one attached hydrogen (secondary N) is 1. The molecule has 0 amide bonds. The lowest BCUT2D eigenvalue weighted by molar-refractivity contribution is 0.122. The van der Waals surface area contributed by atoms with Gasteiger partial charge in [0.2, 0.25) is 0 Å². The Morgan fingerprint density at radius 3 is 2.45 bits per heavy atom. The van der Waals surface area contributed by atoms with Gasteiger partial charge in [-0.25, -0.2) is 15.0 Å². The summed E-state index contributed by atoms with van der Waals surface area (Å²) in [5.74, 6) is 1.84. The Balaban J connectivity index is 1.29. The van der Waals surface area contributed by atoms with Gasteiger partial charge in [-0.15, -0.1) is 0 Å². The van der Waals surface area contributed by atoms with Crippen LogP contribution in [0.25, 0.3) is 28.2 Å². The molecule has 0 spiro atoms. The Morgan fingerprint density at radius 2 is 1.70 bits per heavy atom. The molecule has 1 aliphatic carbocycles. The molecular formula is C31H32N8O. The normalized spacial score (nSPS) is 16.6. The summed E-state index contributed by atoms with van der Waals surface area (Å²) in [5.41, 5.74) is 19.2. The number of hydrogen-bond donors (Lipinski definition) is 3. The van der Waals surface area contributed by atoms with Crippen LogP contribution in [0.15, 0.2) is 79.0 Å². The van der Waals surface area contributed by atoms with Gasteiger partial charge in [-0.3, -0.25) is 4.57 Å². The number of aromatic nitrogens is 4. The van der Waals surface area contributed by atoms with Gasteiger partial charge in [0.1, 0.15) is 17.2 Å². The van der Waals surface area contributed by atoms with Crippen LogP contribution in [0.5, 0.6) is 0 Å². The number of ether oxygens (including phenoxy) is 1. The monoisotopic (exact) mass is 532 g/mol. The highest BCUT2D eigenvalue weighted by atomic mass is 16.5. The second-order valence-corrected chi connectivity index (χ2v) is 10.6. The minimum atomic E-state index is -0.225. The molecule has 3 aromatic heterocycles. The summed E-state index contributed by atoms with van der Waals surface area (Å²) in [5, 5.41) is 3.50. The minimum absolute atomic E-state index is 0.225. The van der Waals surface area contributed by atoms with Crippen LogP contribution >= 0.6 is 0 Å². The predicted molar refractivity (Wildman–Crippen MR) is 159 cm³/mol. The van der Waals surface area contributed by atoms with Crippen LogP contribution in [0.4, 0.5) is 23.0 Å². The lowest BCUT2D eigenvalue weighted by Gasteiger charge is -2.38. The fourth-order valence-electron chi connectivity index (χ4n) is 5.60. The largest absolute Gasteiger partial charge is 0.383 e. The van der Waals surface area contributed by atoms with Crippen molar-refractivity contribution < 1.29 is 4.74 Å². The molecule has 1 aliphatic heterocycles. The summed E-state index contributed by atoms with van der Waals surface area (Å²) in [6, 6.07) is 24.6. The molecule has 0 atom stereocenters. The van der Waals surface area contributed by atoms with E-state index in [1.54, 1.807) is 6.20 Å². The van der Waals surface area contributed by atoms with Crippen LogP contribution in [0, 0.1) is 0 Å². The Hall–Kier alpha value is -4.47. The minimum Gasteiger partial charge on any atom is -0.383 e. The Labute approximate surface area is 232 Å². The van der Waals surface area contributed by atoms with Gasteiger partial charge >= 0.3 is 0 Å². The van der Waals surface area contributed by atoms with Gasteiger partial charge in [-0.1, -0.05) is 18.2 Å². The van der Waals surface area contributed by atoms with Gasteiger partial charge in [0, 0.05) is 41.9 Å². The molecule has 40 heavy (non-hydrogen) atoms. The van der Waals surface area contributed by atoms with E-state index < -0.39 is 0 Å². The first-order valence-electron chi connectivity index (χ1n) is 13.8. The molecule has 9 heteroatoms. The third-order valence-corrected chi connectivity index (χ3v) is 8.02. The number of benzene rings is 2. The Kier molecular flexibility index (Phi) is 6.10. The number of anilines is 4. The van der Waals surface area contributed by atoms with E-state index >= 15 is 0 Å². The molecule has 2 aliphatic rings. The molecule has 0 unspecified atom stereocenters.